The van der Waals surface area contributed by atoms with Crippen molar-refractivity contribution in [2.45, 2.75) is 25.9 Å². The number of nitrogens with zero attached hydrogens (tertiary/aromatic N) is 2. The molecule has 19 heavy (non-hydrogen) atoms. The number of methoxy groups -OCH3 is 1. The van der Waals surface area contributed by atoms with Crippen LogP contribution >= 0.6 is 11.3 Å². The van der Waals surface area contributed by atoms with E-state index in [0.29, 0.717) is 18.0 Å². The molecule has 1 unspecified atom stereocenters. The molecule has 100 valence electrons. The maximum Gasteiger partial charge on any atom is 0.211 e. The number of ether oxygens (including phenoxy) is 1. The summed E-state index contributed by atoms with van der Waals surface area (Å²) in [5, 5.41) is 3.69. The van der Waals surface area contributed by atoms with E-state index >= 15 is 0 Å². The summed E-state index contributed by atoms with van der Waals surface area (Å²) in [5.74, 6) is 0.518. The highest BCUT2D eigenvalue weighted by Gasteiger charge is 2.35. The Morgan fingerprint density at radius 1 is 1.58 bits per heavy atom. The van der Waals surface area contributed by atoms with Crippen LogP contribution in [-0.4, -0.2) is 23.5 Å². The van der Waals surface area contributed by atoms with E-state index in [4.69, 9.17) is 4.74 Å². The zero-order valence-electron chi connectivity index (χ0n) is 10.8. The SMILES string of the molecule is COC(c1c(NC=O)cnc2sc(C)nc12)C1CC1. The maximum atomic E-state index is 10.8. The summed E-state index contributed by atoms with van der Waals surface area (Å²) < 4.78 is 5.65. The van der Waals surface area contributed by atoms with Crippen molar-refractivity contribution >= 4 is 33.8 Å². The van der Waals surface area contributed by atoms with Crippen LogP contribution in [0.15, 0.2) is 6.20 Å². The van der Waals surface area contributed by atoms with Gasteiger partial charge in [0.05, 0.1) is 23.0 Å². The Morgan fingerprint density at radius 2 is 2.37 bits per heavy atom. The molecule has 5 nitrogen and oxygen atoms in total. The molecule has 1 fully saturated rings. The summed E-state index contributed by atoms with van der Waals surface area (Å²) in [6, 6.07) is 0. The van der Waals surface area contributed by atoms with Gasteiger partial charge in [-0.3, -0.25) is 4.79 Å². The second kappa shape index (κ2) is 4.86. The smallest absolute Gasteiger partial charge is 0.211 e. The Labute approximate surface area is 115 Å². The Kier molecular flexibility index (Phi) is 3.20. The Morgan fingerprint density at radius 3 is 3.00 bits per heavy atom. The standard InChI is InChI=1S/C13H15N3O2S/c1-7-16-11-10(12(18-2)8-3-4-8)9(15-6-17)5-14-13(11)19-7/h5-6,8,12H,3-4H2,1-2H3,(H,15,17). The second-order valence-corrected chi connectivity index (χ2v) is 5.91. The van der Waals surface area contributed by atoms with E-state index in [1.165, 1.54) is 0 Å². The average molecular weight is 277 g/mol. The highest BCUT2D eigenvalue weighted by atomic mass is 32.1. The van der Waals surface area contributed by atoms with E-state index in [1.54, 1.807) is 24.6 Å². The summed E-state index contributed by atoms with van der Waals surface area (Å²) in [4.78, 5) is 20.6. The quantitative estimate of drug-likeness (QED) is 0.853. The van der Waals surface area contributed by atoms with E-state index < -0.39 is 0 Å². The van der Waals surface area contributed by atoms with Crippen LogP contribution in [0.25, 0.3) is 10.3 Å². The fourth-order valence-corrected chi connectivity index (χ4v) is 3.19. The van der Waals surface area contributed by atoms with Gasteiger partial charge in [0, 0.05) is 12.7 Å². The first-order valence-corrected chi connectivity index (χ1v) is 7.05. The van der Waals surface area contributed by atoms with Gasteiger partial charge in [-0.25, -0.2) is 9.97 Å². The monoisotopic (exact) mass is 277 g/mol. The summed E-state index contributed by atoms with van der Waals surface area (Å²) in [6.07, 6.45) is 4.66. The van der Waals surface area contributed by atoms with Crippen LogP contribution in [0.2, 0.25) is 0 Å². The van der Waals surface area contributed by atoms with Gasteiger partial charge in [-0.2, -0.15) is 0 Å². The van der Waals surface area contributed by atoms with Gasteiger partial charge in [0.25, 0.3) is 0 Å². The van der Waals surface area contributed by atoms with Crippen LogP contribution in [-0.2, 0) is 9.53 Å². The van der Waals surface area contributed by atoms with Gasteiger partial charge in [0.15, 0.2) is 0 Å². The first kappa shape index (κ1) is 12.5. The summed E-state index contributed by atoms with van der Waals surface area (Å²) in [5.41, 5.74) is 2.52. The number of amides is 1. The van der Waals surface area contributed by atoms with Crippen molar-refractivity contribution in [2.24, 2.45) is 5.92 Å². The molecule has 0 saturated heterocycles. The molecule has 0 aliphatic heterocycles. The van der Waals surface area contributed by atoms with Crippen molar-refractivity contribution < 1.29 is 9.53 Å². The second-order valence-electron chi connectivity index (χ2n) is 4.73. The molecular formula is C13H15N3O2S. The largest absolute Gasteiger partial charge is 0.376 e. The molecule has 0 spiro atoms. The third kappa shape index (κ3) is 2.21. The molecule has 0 bridgehead atoms. The molecule has 1 atom stereocenters. The lowest BCUT2D eigenvalue weighted by Gasteiger charge is -2.18. The number of aromatic nitrogens is 2. The van der Waals surface area contributed by atoms with Crippen molar-refractivity contribution in [1.29, 1.82) is 0 Å². The summed E-state index contributed by atoms with van der Waals surface area (Å²) in [7, 11) is 1.71. The molecule has 3 rings (SSSR count). The molecule has 2 heterocycles. The highest BCUT2D eigenvalue weighted by molar-refractivity contribution is 7.18. The lowest BCUT2D eigenvalue weighted by Crippen LogP contribution is -2.09. The van der Waals surface area contributed by atoms with E-state index in [2.05, 4.69) is 15.3 Å². The zero-order valence-corrected chi connectivity index (χ0v) is 11.7. The van der Waals surface area contributed by atoms with E-state index in [-0.39, 0.29) is 6.10 Å². The van der Waals surface area contributed by atoms with Crippen molar-refractivity contribution in [3.63, 3.8) is 0 Å². The number of fused-ring (bicyclic) bond motifs is 1. The number of aryl methyl sites for hydroxylation is 1. The lowest BCUT2D eigenvalue weighted by molar-refractivity contribution is -0.105. The number of anilines is 1. The number of pyridine rings is 1. The number of rotatable bonds is 5. The lowest BCUT2D eigenvalue weighted by atomic mass is 10.0. The fourth-order valence-electron chi connectivity index (χ4n) is 2.41. The molecule has 1 N–H and O–H groups in total. The number of carbonyl (C=O) groups is 1. The molecule has 0 radical (unpaired) electrons. The van der Waals surface area contributed by atoms with Gasteiger partial charge in [0.2, 0.25) is 6.41 Å². The fraction of sp³-hybridized carbons (Fsp3) is 0.462. The van der Waals surface area contributed by atoms with Gasteiger partial charge < -0.3 is 10.1 Å². The first-order chi connectivity index (χ1) is 9.24. The molecule has 0 aromatic carbocycles. The highest BCUT2D eigenvalue weighted by Crippen LogP contribution is 2.47. The minimum absolute atomic E-state index is 0.0190. The Balaban J connectivity index is 2.20. The van der Waals surface area contributed by atoms with Gasteiger partial charge in [-0.05, 0) is 25.7 Å². The van der Waals surface area contributed by atoms with Gasteiger partial charge in [0.1, 0.15) is 10.3 Å². The minimum atomic E-state index is -0.0190. The van der Waals surface area contributed by atoms with Crippen molar-refractivity contribution in [1.82, 2.24) is 9.97 Å². The van der Waals surface area contributed by atoms with Crippen molar-refractivity contribution in [3.8, 4) is 0 Å². The van der Waals surface area contributed by atoms with Crippen LogP contribution < -0.4 is 5.32 Å². The van der Waals surface area contributed by atoms with Crippen molar-refractivity contribution in [2.75, 3.05) is 12.4 Å². The number of hydrogen-bond donors (Lipinski definition) is 1. The summed E-state index contributed by atoms with van der Waals surface area (Å²) >= 11 is 1.56. The topological polar surface area (TPSA) is 64.1 Å². The normalized spacial score (nSPS) is 16.5. The van der Waals surface area contributed by atoms with E-state index in [9.17, 15) is 4.79 Å². The van der Waals surface area contributed by atoms with Crippen LogP contribution in [0.5, 0.6) is 0 Å². The van der Waals surface area contributed by atoms with Crippen LogP contribution in [0.1, 0.15) is 29.5 Å². The van der Waals surface area contributed by atoms with Crippen molar-refractivity contribution in [3.05, 3.63) is 16.8 Å². The molecule has 2 aromatic heterocycles. The Bertz CT molecular complexity index is 622. The molecule has 1 amide bonds. The number of nitrogens with one attached hydrogen (secondary N) is 1. The van der Waals surface area contributed by atoms with Gasteiger partial charge in [-0.1, -0.05) is 11.3 Å². The maximum absolute atomic E-state index is 10.8. The molecule has 2 aromatic rings. The molecule has 1 saturated carbocycles. The molecule has 6 heteroatoms. The first-order valence-electron chi connectivity index (χ1n) is 6.23. The predicted octanol–water partition coefficient (Wildman–Crippen LogP) is 2.67. The van der Waals surface area contributed by atoms with Crippen LogP contribution in [0.3, 0.4) is 0 Å². The molecular weight excluding hydrogens is 262 g/mol. The summed E-state index contributed by atoms with van der Waals surface area (Å²) in [6.45, 7) is 1.96. The van der Waals surface area contributed by atoms with Gasteiger partial charge in [-0.15, -0.1) is 0 Å². The molecule has 1 aliphatic rings. The van der Waals surface area contributed by atoms with E-state index in [0.717, 1.165) is 33.8 Å². The average Bonchev–Trinajstić information content (AvgIpc) is 3.14. The molecule has 1 aliphatic carbocycles. The predicted molar refractivity (Wildman–Crippen MR) is 74.3 cm³/mol. The van der Waals surface area contributed by atoms with Crippen LogP contribution in [0, 0.1) is 12.8 Å². The number of carbonyl (C=O) groups excluding carboxylic acids is 1. The van der Waals surface area contributed by atoms with Gasteiger partial charge >= 0.3 is 0 Å². The van der Waals surface area contributed by atoms with Crippen LogP contribution in [0.4, 0.5) is 5.69 Å². The van der Waals surface area contributed by atoms with E-state index in [1.807, 2.05) is 6.92 Å². The number of hydrogen-bond acceptors (Lipinski definition) is 5. The minimum Gasteiger partial charge on any atom is -0.376 e. The third-order valence-corrected chi connectivity index (χ3v) is 4.25. The third-order valence-electron chi connectivity index (χ3n) is 3.38. The number of thiazole rings is 1. The Hall–Kier alpha value is -1.53. The zero-order chi connectivity index (χ0) is 13.4.